The molecule has 1 aliphatic rings. The highest BCUT2D eigenvalue weighted by atomic mass is 19.4. The van der Waals surface area contributed by atoms with Crippen LogP contribution in [0.5, 0.6) is 5.75 Å². The number of carboxylic acids is 1. The summed E-state index contributed by atoms with van der Waals surface area (Å²) in [4.78, 5) is 43.0. The molecule has 35 heavy (non-hydrogen) atoms. The number of rotatable bonds is 9. The number of amides is 1. The Hall–Kier alpha value is -4.22. The molecule has 1 aliphatic carbocycles. The lowest BCUT2D eigenvalue weighted by molar-refractivity contribution is -0.308. The Bertz CT molecular complexity index is 1220. The number of carbonyl (C=O) groups is 3. The Balaban J connectivity index is 1.56. The minimum Gasteiger partial charge on any atom is -0.547 e. The molecule has 0 saturated heterocycles. The maximum atomic E-state index is 13.1. The molecule has 0 bridgehead atoms. The molecule has 1 heterocycles. The van der Waals surface area contributed by atoms with Crippen LogP contribution in [0.2, 0.25) is 0 Å². The summed E-state index contributed by atoms with van der Waals surface area (Å²) in [6.07, 6.45) is -2.73. The maximum absolute atomic E-state index is 13.1. The number of ether oxygens (including phenoxy) is 1. The zero-order valence-electron chi connectivity index (χ0n) is 18.0. The van der Waals surface area contributed by atoms with Crippen LogP contribution in [-0.4, -0.2) is 55.8 Å². The van der Waals surface area contributed by atoms with Gasteiger partial charge in [-0.2, -0.15) is 0 Å². The summed E-state index contributed by atoms with van der Waals surface area (Å²) < 4.78 is 42.3. The number of benzene rings is 2. The average Bonchev–Trinajstić information content (AvgIpc) is 3.54. The van der Waals surface area contributed by atoms with Gasteiger partial charge in [0.2, 0.25) is 11.6 Å². The van der Waals surface area contributed by atoms with E-state index in [9.17, 15) is 32.7 Å². The Morgan fingerprint density at radius 2 is 1.74 bits per heavy atom. The van der Waals surface area contributed by atoms with Gasteiger partial charge < -0.3 is 19.5 Å². The number of hydrogen-bond donors (Lipinski definition) is 0. The first-order chi connectivity index (χ1) is 16.6. The monoisotopic (exact) mass is 487 g/mol. The molecule has 0 spiro atoms. The molecule has 1 saturated carbocycles. The van der Waals surface area contributed by atoms with E-state index in [1.54, 1.807) is 0 Å². The van der Waals surface area contributed by atoms with Crippen LogP contribution in [0.4, 0.5) is 13.2 Å². The topological polar surface area (TPSA) is 117 Å². The van der Waals surface area contributed by atoms with Crippen molar-refractivity contribution in [3.63, 3.8) is 0 Å². The fourth-order valence-corrected chi connectivity index (χ4v) is 3.52. The van der Waals surface area contributed by atoms with E-state index in [0.29, 0.717) is 12.8 Å². The van der Waals surface area contributed by atoms with Crippen LogP contribution in [0.25, 0.3) is 0 Å². The molecule has 1 unspecified atom stereocenters. The molecule has 9 nitrogen and oxygen atoms in total. The predicted octanol–water partition coefficient (Wildman–Crippen LogP) is 1.83. The van der Waals surface area contributed by atoms with E-state index in [-0.39, 0.29) is 12.1 Å². The van der Waals surface area contributed by atoms with E-state index in [4.69, 9.17) is 0 Å². The summed E-state index contributed by atoms with van der Waals surface area (Å²) in [6.45, 7) is 0.286. The molecule has 4 rings (SSSR count). The third-order valence-electron chi connectivity index (χ3n) is 5.20. The predicted molar refractivity (Wildman–Crippen MR) is 111 cm³/mol. The van der Waals surface area contributed by atoms with Crippen molar-refractivity contribution >= 4 is 17.7 Å². The van der Waals surface area contributed by atoms with Crippen LogP contribution in [0.3, 0.4) is 0 Å². The zero-order valence-corrected chi connectivity index (χ0v) is 18.0. The number of alkyl halides is 3. The molecule has 1 fully saturated rings. The van der Waals surface area contributed by atoms with Crippen molar-refractivity contribution in [1.29, 1.82) is 0 Å². The van der Waals surface area contributed by atoms with Gasteiger partial charge in [-0.1, -0.05) is 30.3 Å². The molecule has 12 heteroatoms. The van der Waals surface area contributed by atoms with Gasteiger partial charge in [-0.15, -0.1) is 18.3 Å². The maximum Gasteiger partial charge on any atom is 0.573 e. The average molecular weight is 487 g/mol. The van der Waals surface area contributed by atoms with Crippen molar-refractivity contribution in [2.45, 2.75) is 37.8 Å². The second-order valence-corrected chi connectivity index (χ2v) is 7.85. The number of carbonyl (C=O) groups excluding carboxylic acids is 3. The molecule has 0 aliphatic heterocycles. The summed E-state index contributed by atoms with van der Waals surface area (Å²) in [5.74, 6) is -4.65. The molecule has 0 radical (unpaired) electrons. The van der Waals surface area contributed by atoms with E-state index >= 15 is 0 Å². The Kier molecular flexibility index (Phi) is 6.54. The van der Waals surface area contributed by atoms with Gasteiger partial charge in [0.1, 0.15) is 18.1 Å². The van der Waals surface area contributed by atoms with Gasteiger partial charge in [0.05, 0.1) is 12.5 Å². The zero-order chi connectivity index (χ0) is 25.2. The van der Waals surface area contributed by atoms with E-state index in [1.807, 2.05) is 30.3 Å². The molecule has 3 aromatic rings. The summed E-state index contributed by atoms with van der Waals surface area (Å²) in [7, 11) is 0. The first-order valence-corrected chi connectivity index (χ1v) is 10.5. The van der Waals surface area contributed by atoms with Gasteiger partial charge >= 0.3 is 6.36 Å². The van der Waals surface area contributed by atoms with E-state index in [1.165, 1.54) is 11.0 Å². The summed E-state index contributed by atoms with van der Waals surface area (Å²) >= 11 is 0. The van der Waals surface area contributed by atoms with Crippen LogP contribution in [-0.2, 0) is 11.3 Å². The number of ketones is 1. The highest BCUT2D eigenvalue weighted by Crippen LogP contribution is 2.31. The van der Waals surface area contributed by atoms with Crippen molar-refractivity contribution in [3.8, 4) is 5.75 Å². The van der Waals surface area contributed by atoms with Crippen LogP contribution in [0.15, 0.2) is 60.9 Å². The number of Topliss-reactive ketones (excluding diaryl/α,β-unsaturated/α-hetero) is 1. The highest BCUT2D eigenvalue weighted by Gasteiger charge is 2.43. The van der Waals surface area contributed by atoms with Crippen LogP contribution in [0, 0.1) is 0 Å². The fraction of sp³-hybridized carbons (Fsp3) is 0.261. The van der Waals surface area contributed by atoms with Gasteiger partial charge in [-0.3, -0.25) is 9.59 Å². The quantitative estimate of drug-likeness (QED) is 0.334. The van der Waals surface area contributed by atoms with Crippen molar-refractivity contribution in [2.75, 3.05) is 0 Å². The number of halogens is 3. The lowest BCUT2D eigenvalue weighted by atomic mass is 10.1. The molecule has 182 valence electrons. The Morgan fingerprint density at radius 1 is 1.09 bits per heavy atom. The molecule has 0 N–H and O–H groups in total. The standard InChI is InChI=1S/C23H19F3N4O5/c24-23(25,26)35-17-10-6-15(7-11-17)21(32)30(16-8-9-16)18(22(33)34)19(31)20-27-13-29(28-20)12-14-4-2-1-3-5-14/h1-7,10-11,13,16,18H,8-9,12H2,(H,33,34)/p-1. The molecule has 1 amide bonds. The molecule has 2 aromatic carbocycles. The SMILES string of the molecule is O=C([O-])C(C(=O)c1ncn(Cc2ccccc2)n1)N(C(=O)c1ccc(OC(F)(F)F)cc1)C1CC1. The smallest absolute Gasteiger partial charge is 0.547 e. The van der Waals surface area contributed by atoms with Crippen LogP contribution >= 0.6 is 0 Å². The van der Waals surface area contributed by atoms with E-state index in [2.05, 4.69) is 14.8 Å². The fourth-order valence-electron chi connectivity index (χ4n) is 3.52. The van der Waals surface area contributed by atoms with Gasteiger partial charge in [-0.05, 0) is 42.7 Å². The summed E-state index contributed by atoms with van der Waals surface area (Å²) in [6, 6.07) is 10.6. The van der Waals surface area contributed by atoms with Crippen molar-refractivity contribution in [3.05, 3.63) is 77.9 Å². The number of hydrogen-bond acceptors (Lipinski definition) is 7. The van der Waals surface area contributed by atoms with Gasteiger partial charge in [-0.25, -0.2) is 9.67 Å². The van der Waals surface area contributed by atoms with Crippen LogP contribution in [0.1, 0.15) is 39.4 Å². The van der Waals surface area contributed by atoms with Crippen LogP contribution < -0.4 is 9.84 Å². The first-order valence-electron chi connectivity index (χ1n) is 10.5. The summed E-state index contributed by atoms with van der Waals surface area (Å²) in [5, 5.41) is 16.1. The van der Waals surface area contributed by atoms with Crippen molar-refractivity contribution < 1.29 is 37.4 Å². The third-order valence-corrected chi connectivity index (χ3v) is 5.20. The third kappa shape index (κ3) is 5.83. The largest absolute Gasteiger partial charge is 0.573 e. The Morgan fingerprint density at radius 3 is 2.31 bits per heavy atom. The van der Waals surface area contributed by atoms with E-state index in [0.717, 1.165) is 34.7 Å². The second-order valence-electron chi connectivity index (χ2n) is 7.85. The molecular weight excluding hydrogens is 469 g/mol. The first kappa shape index (κ1) is 23.9. The lowest BCUT2D eigenvalue weighted by Gasteiger charge is -2.31. The van der Waals surface area contributed by atoms with Gasteiger partial charge in [0, 0.05) is 11.6 Å². The number of nitrogens with zero attached hydrogens (tertiary/aromatic N) is 4. The summed E-state index contributed by atoms with van der Waals surface area (Å²) in [5.41, 5.74) is 0.758. The van der Waals surface area contributed by atoms with Gasteiger partial charge in [0.25, 0.3) is 5.91 Å². The minimum absolute atomic E-state index is 0.118. The molecular formula is C23H18F3N4O5-. The number of aromatic nitrogens is 3. The van der Waals surface area contributed by atoms with Crippen molar-refractivity contribution in [2.24, 2.45) is 0 Å². The number of carboxylic acid groups (broad SMARTS) is 1. The minimum atomic E-state index is -4.91. The highest BCUT2D eigenvalue weighted by molar-refractivity contribution is 6.12. The molecule has 1 aromatic heterocycles. The van der Waals surface area contributed by atoms with E-state index < -0.39 is 47.7 Å². The normalized spacial score (nSPS) is 14.3. The lowest BCUT2D eigenvalue weighted by Crippen LogP contribution is -2.56. The Labute approximate surface area is 196 Å². The number of aliphatic carboxylic acids is 1. The van der Waals surface area contributed by atoms with Gasteiger partial charge in [0.15, 0.2) is 0 Å². The molecule has 1 atom stereocenters. The second kappa shape index (κ2) is 9.57. The van der Waals surface area contributed by atoms with Crippen molar-refractivity contribution in [1.82, 2.24) is 19.7 Å².